The minimum atomic E-state index is -1.99. The van der Waals surface area contributed by atoms with Gasteiger partial charge in [0, 0.05) is 10.5 Å². The van der Waals surface area contributed by atoms with E-state index in [2.05, 4.69) is 10.0 Å². The van der Waals surface area contributed by atoms with Crippen molar-refractivity contribution in [2.24, 2.45) is 5.11 Å². The van der Waals surface area contributed by atoms with Crippen LogP contribution in [0.1, 0.15) is 16.8 Å². The summed E-state index contributed by atoms with van der Waals surface area (Å²) in [6.07, 6.45) is -0.455. The van der Waals surface area contributed by atoms with Crippen LogP contribution in [0, 0.1) is 0 Å². The van der Waals surface area contributed by atoms with Crippen molar-refractivity contribution in [2.75, 3.05) is 0 Å². The van der Waals surface area contributed by atoms with E-state index in [0.29, 0.717) is 0 Å². The van der Waals surface area contributed by atoms with Gasteiger partial charge < -0.3 is 0 Å². The lowest BCUT2D eigenvalue weighted by Crippen LogP contribution is -2.43. The molecule has 0 bridgehead atoms. The normalized spacial score (nSPS) is 22.2. The third-order valence-electron chi connectivity index (χ3n) is 2.67. The molecule has 1 heterocycles. The number of benzene rings is 1. The van der Waals surface area contributed by atoms with E-state index in [4.69, 9.17) is 5.53 Å². The van der Waals surface area contributed by atoms with Crippen LogP contribution in [0.3, 0.4) is 0 Å². The Labute approximate surface area is 101 Å². The van der Waals surface area contributed by atoms with Crippen LogP contribution >= 0.6 is 0 Å². The Kier molecular flexibility index (Phi) is 2.83. The molecule has 1 aliphatic rings. The number of azide groups is 1. The molecule has 2 amide bonds. The largest absolute Gasteiger partial charge is 0.295 e. The summed E-state index contributed by atoms with van der Waals surface area (Å²) in [6, 6.07) is 7.92. The lowest BCUT2D eigenvalue weighted by Gasteiger charge is -2.16. The van der Waals surface area contributed by atoms with Crippen LogP contribution < -0.4 is 5.32 Å². The fraction of sp³-hybridized carbons (Fsp3) is 0.182. The van der Waals surface area contributed by atoms with Crippen LogP contribution in [0.25, 0.3) is 10.4 Å². The highest BCUT2D eigenvalue weighted by Crippen LogP contribution is 2.27. The van der Waals surface area contributed by atoms with Gasteiger partial charge in [-0.25, -0.2) is 0 Å². The number of ketones is 1. The summed E-state index contributed by atoms with van der Waals surface area (Å²) in [5.74, 6) is -2.18. The number of carbonyl (C=O) groups is 3. The van der Waals surface area contributed by atoms with E-state index in [9.17, 15) is 14.4 Å². The number of rotatable bonds is 3. The molecule has 18 heavy (non-hydrogen) atoms. The molecule has 0 aromatic heterocycles. The maximum atomic E-state index is 12.2. The van der Waals surface area contributed by atoms with Gasteiger partial charge in [-0.2, -0.15) is 0 Å². The zero-order valence-electron chi connectivity index (χ0n) is 9.16. The van der Waals surface area contributed by atoms with Crippen molar-refractivity contribution >= 4 is 17.6 Å². The van der Waals surface area contributed by atoms with Crippen molar-refractivity contribution in [3.8, 4) is 0 Å². The Balaban J connectivity index is 2.50. The molecular formula is C11H8N4O3. The number of hydrogen-bond donors (Lipinski definition) is 1. The summed E-state index contributed by atoms with van der Waals surface area (Å²) in [6.45, 7) is 0. The maximum absolute atomic E-state index is 12.2. The van der Waals surface area contributed by atoms with Gasteiger partial charge in [0.25, 0.3) is 0 Å². The Hall–Kier alpha value is -2.66. The van der Waals surface area contributed by atoms with Gasteiger partial charge in [0.15, 0.2) is 11.3 Å². The molecular weight excluding hydrogens is 236 g/mol. The lowest BCUT2D eigenvalue weighted by atomic mass is 9.88. The van der Waals surface area contributed by atoms with Crippen LogP contribution in [0.4, 0.5) is 0 Å². The van der Waals surface area contributed by atoms with Crippen LogP contribution in [0.15, 0.2) is 35.4 Å². The van der Waals surface area contributed by atoms with Gasteiger partial charge in [0.2, 0.25) is 11.8 Å². The average Bonchev–Trinajstić information content (AvgIpc) is 2.66. The van der Waals surface area contributed by atoms with E-state index in [0.717, 1.165) is 0 Å². The third-order valence-corrected chi connectivity index (χ3v) is 2.67. The molecule has 1 aromatic rings. The predicted octanol–water partition coefficient (Wildman–Crippen LogP) is 0.965. The molecule has 1 atom stereocenters. The predicted molar refractivity (Wildman–Crippen MR) is 60.4 cm³/mol. The van der Waals surface area contributed by atoms with Gasteiger partial charge in [-0.05, 0) is 5.53 Å². The summed E-state index contributed by atoms with van der Waals surface area (Å²) in [5, 5.41) is 5.24. The van der Waals surface area contributed by atoms with Gasteiger partial charge in [-0.3, -0.25) is 19.7 Å². The number of Topliss-reactive ketones (excluding diaryl/α,β-unsaturated/α-hetero) is 1. The van der Waals surface area contributed by atoms with Crippen molar-refractivity contribution in [3.63, 3.8) is 0 Å². The fourth-order valence-corrected chi connectivity index (χ4v) is 1.80. The van der Waals surface area contributed by atoms with Gasteiger partial charge in [0.05, 0.1) is 6.42 Å². The van der Waals surface area contributed by atoms with Crippen LogP contribution in [0.2, 0.25) is 0 Å². The molecule has 7 heteroatoms. The van der Waals surface area contributed by atoms with E-state index in [-0.39, 0.29) is 5.56 Å². The maximum Gasteiger partial charge on any atom is 0.247 e. The molecule has 0 radical (unpaired) electrons. The highest BCUT2D eigenvalue weighted by atomic mass is 16.2. The molecule has 90 valence electrons. The molecule has 0 spiro atoms. The molecule has 0 saturated carbocycles. The quantitative estimate of drug-likeness (QED) is 0.213. The first-order valence-electron chi connectivity index (χ1n) is 5.10. The number of imide groups is 1. The second-order valence-electron chi connectivity index (χ2n) is 3.80. The first-order chi connectivity index (χ1) is 8.60. The molecule has 1 N–H and O–H groups in total. The van der Waals surface area contributed by atoms with Gasteiger partial charge in [-0.15, -0.1) is 0 Å². The molecule has 1 aromatic carbocycles. The van der Waals surface area contributed by atoms with Crippen LogP contribution in [-0.2, 0) is 9.59 Å². The Bertz CT molecular complexity index is 577. The Morgan fingerprint density at radius 3 is 2.50 bits per heavy atom. The summed E-state index contributed by atoms with van der Waals surface area (Å²) < 4.78 is 0. The van der Waals surface area contributed by atoms with E-state index in [1.54, 1.807) is 18.2 Å². The van der Waals surface area contributed by atoms with Crippen molar-refractivity contribution in [2.45, 2.75) is 12.0 Å². The minimum absolute atomic E-state index is 0.217. The van der Waals surface area contributed by atoms with Crippen LogP contribution in [0.5, 0.6) is 0 Å². The SMILES string of the molecule is [N-]=[N+]=NC1(C(=O)c2ccccc2)CC(=O)NC1=O. The van der Waals surface area contributed by atoms with Crippen molar-refractivity contribution in [3.05, 3.63) is 46.3 Å². The second-order valence-corrected chi connectivity index (χ2v) is 3.80. The van der Waals surface area contributed by atoms with Crippen molar-refractivity contribution in [1.29, 1.82) is 0 Å². The fourth-order valence-electron chi connectivity index (χ4n) is 1.80. The van der Waals surface area contributed by atoms with Crippen molar-refractivity contribution < 1.29 is 14.4 Å². The minimum Gasteiger partial charge on any atom is -0.295 e. The summed E-state index contributed by atoms with van der Waals surface area (Å²) in [5.41, 5.74) is 6.73. The first-order valence-corrected chi connectivity index (χ1v) is 5.10. The van der Waals surface area contributed by atoms with Gasteiger partial charge in [-0.1, -0.05) is 35.4 Å². The van der Waals surface area contributed by atoms with Gasteiger partial charge >= 0.3 is 0 Å². The molecule has 2 rings (SSSR count). The summed E-state index contributed by atoms with van der Waals surface area (Å²) >= 11 is 0. The molecule has 1 fully saturated rings. The number of carbonyl (C=O) groups excluding carboxylic acids is 3. The van der Waals surface area contributed by atoms with E-state index >= 15 is 0 Å². The lowest BCUT2D eigenvalue weighted by molar-refractivity contribution is -0.125. The number of hydrogen-bond acceptors (Lipinski definition) is 4. The van der Waals surface area contributed by atoms with Crippen molar-refractivity contribution in [1.82, 2.24) is 5.32 Å². The number of nitrogens with one attached hydrogen (secondary N) is 1. The number of nitrogens with zero attached hydrogens (tertiary/aromatic N) is 3. The average molecular weight is 244 g/mol. The van der Waals surface area contributed by atoms with Crippen LogP contribution in [-0.4, -0.2) is 23.1 Å². The smallest absolute Gasteiger partial charge is 0.247 e. The summed E-state index contributed by atoms with van der Waals surface area (Å²) in [4.78, 5) is 37.7. The molecule has 0 aliphatic carbocycles. The second kappa shape index (κ2) is 4.31. The van der Waals surface area contributed by atoms with Gasteiger partial charge in [0.1, 0.15) is 0 Å². The Morgan fingerprint density at radius 2 is 2.00 bits per heavy atom. The van der Waals surface area contributed by atoms with E-state index < -0.39 is 29.6 Å². The topological polar surface area (TPSA) is 112 Å². The first kappa shape index (κ1) is 11.8. The highest BCUT2D eigenvalue weighted by molar-refractivity contribution is 6.26. The highest BCUT2D eigenvalue weighted by Gasteiger charge is 2.52. The zero-order valence-corrected chi connectivity index (χ0v) is 9.16. The Morgan fingerprint density at radius 1 is 1.33 bits per heavy atom. The zero-order chi connectivity index (χ0) is 13.2. The number of amides is 2. The van der Waals surface area contributed by atoms with E-state index in [1.165, 1.54) is 12.1 Å². The van der Waals surface area contributed by atoms with E-state index in [1.807, 2.05) is 5.32 Å². The molecule has 1 unspecified atom stereocenters. The molecule has 7 nitrogen and oxygen atoms in total. The molecule has 1 saturated heterocycles. The third kappa shape index (κ3) is 1.72. The summed E-state index contributed by atoms with van der Waals surface area (Å²) in [7, 11) is 0. The molecule has 1 aliphatic heterocycles. The standard InChI is InChI=1S/C11H8N4O3/c12-15-14-11(6-8(16)13-10(11)18)9(17)7-4-2-1-3-5-7/h1-5H,6H2,(H,13,16,18). The monoisotopic (exact) mass is 244 g/mol.